The second-order valence-corrected chi connectivity index (χ2v) is 10.6. The Kier molecular flexibility index (Phi) is 12.1. The Morgan fingerprint density at radius 1 is 1.25 bits per heavy atom. The first-order valence-corrected chi connectivity index (χ1v) is 11.0. The molecule has 0 rings (SSSR count). The maximum Gasteiger partial charge on any atom is 0.408 e. The normalized spacial score (nSPS) is 13.4. The summed E-state index contributed by atoms with van der Waals surface area (Å²) in [5.74, 6) is -0.163. The van der Waals surface area contributed by atoms with E-state index < -0.39 is 29.9 Å². The highest BCUT2D eigenvalue weighted by Crippen LogP contribution is 2.54. The second-order valence-electron chi connectivity index (χ2n) is 4.40. The molecule has 24 heavy (non-hydrogen) atoms. The quantitative estimate of drug-likeness (QED) is 0.344. The minimum Gasteiger partial charge on any atom is -0.445 e. The van der Waals surface area contributed by atoms with Gasteiger partial charge in [-0.25, -0.2) is 4.79 Å². The highest BCUT2D eigenvalue weighted by Gasteiger charge is 2.38. The van der Waals surface area contributed by atoms with Crippen molar-refractivity contribution in [1.29, 1.82) is 0 Å². The molecule has 0 heterocycles. The maximum atomic E-state index is 12.9. The Morgan fingerprint density at radius 2 is 1.79 bits per heavy atom. The number of rotatable bonds is 11. The van der Waals surface area contributed by atoms with Gasteiger partial charge < -0.3 is 19.1 Å². The van der Waals surface area contributed by atoms with Gasteiger partial charge in [0.15, 0.2) is 0 Å². The molecule has 1 amide bonds. The zero-order valence-corrected chi connectivity index (χ0v) is 17.8. The second kappa shape index (κ2) is 11.9. The number of thioether (sulfide) groups is 1. The first kappa shape index (κ1) is 24.4. The lowest BCUT2D eigenvalue weighted by Gasteiger charge is -2.27. The van der Waals surface area contributed by atoms with Crippen molar-refractivity contribution >= 4 is 60.3 Å². The highest BCUT2D eigenvalue weighted by molar-refractivity contribution is 8.03. The number of alkyl halides is 3. The molecule has 0 unspecified atom stereocenters. The average molecular weight is 443 g/mol. The topological polar surface area (TPSA) is 73.9 Å². The molecule has 0 aliphatic heterocycles. The van der Waals surface area contributed by atoms with Crippen molar-refractivity contribution in [1.82, 2.24) is 5.32 Å². The smallest absolute Gasteiger partial charge is 0.408 e. The molecule has 0 radical (unpaired) electrons. The van der Waals surface area contributed by atoms with Crippen molar-refractivity contribution in [2.75, 3.05) is 25.6 Å². The van der Waals surface area contributed by atoms with Crippen LogP contribution in [0.1, 0.15) is 27.2 Å². The molecule has 0 saturated heterocycles. The zero-order valence-electron chi connectivity index (χ0n) is 13.9. The molecule has 0 bridgehead atoms. The molecule has 0 spiro atoms. The Bertz CT molecular complexity index is 451. The fraction of sp³-hybridized carbons (Fsp3) is 0.769. The average Bonchev–Trinajstić information content (AvgIpc) is 2.44. The van der Waals surface area contributed by atoms with Crippen molar-refractivity contribution in [2.45, 2.75) is 36.8 Å². The number of carbonyl (C=O) groups is 1. The van der Waals surface area contributed by atoms with Gasteiger partial charge in [-0.15, -0.1) is 11.8 Å². The van der Waals surface area contributed by atoms with E-state index in [9.17, 15) is 9.36 Å². The predicted octanol–water partition coefficient (Wildman–Crippen LogP) is 5.33. The SMILES string of the molecule is C=C(C[C@H](NC(=O)OCC(Cl)(Cl)Cl)P(=O)(OCC)OCC)SCC. The standard InChI is InChI=1S/C13H23Cl3NO5PS/c1-5-21-23(19,22-6-2)11(8-10(4)24-7-3)17-12(18)20-9-13(14,15)16/h11H,4-9H2,1-3H3,(H,17,18)/t11-/m1/s1. The zero-order chi connectivity index (χ0) is 18.8. The summed E-state index contributed by atoms with van der Waals surface area (Å²) in [6.45, 7) is 9.07. The fourth-order valence-corrected chi connectivity index (χ4v) is 4.46. The first-order valence-electron chi connectivity index (χ1n) is 7.27. The Morgan fingerprint density at radius 3 is 2.21 bits per heavy atom. The molecule has 0 fully saturated rings. The van der Waals surface area contributed by atoms with Gasteiger partial charge in [-0.2, -0.15) is 0 Å². The van der Waals surface area contributed by atoms with Crippen LogP contribution in [-0.4, -0.2) is 41.2 Å². The Labute approximate surface area is 162 Å². The lowest BCUT2D eigenvalue weighted by atomic mass is 10.4. The summed E-state index contributed by atoms with van der Waals surface area (Å²) < 4.78 is 26.6. The van der Waals surface area contributed by atoms with Crippen LogP contribution in [0.4, 0.5) is 4.79 Å². The monoisotopic (exact) mass is 441 g/mol. The van der Waals surface area contributed by atoms with E-state index in [4.69, 9.17) is 48.6 Å². The van der Waals surface area contributed by atoms with Gasteiger partial charge in [0.1, 0.15) is 12.4 Å². The number of halogens is 3. The molecule has 0 aliphatic rings. The van der Waals surface area contributed by atoms with Crippen molar-refractivity contribution in [3.05, 3.63) is 11.5 Å². The lowest BCUT2D eigenvalue weighted by Crippen LogP contribution is -2.37. The van der Waals surface area contributed by atoms with E-state index >= 15 is 0 Å². The van der Waals surface area contributed by atoms with Crippen LogP contribution in [-0.2, 0) is 18.3 Å². The van der Waals surface area contributed by atoms with E-state index in [-0.39, 0.29) is 19.6 Å². The van der Waals surface area contributed by atoms with Crippen LogP contribution in [0.2, 0.25) is 0 Å². The van der Waals surface area contributed by atoms with Gasteiger partial charge in [0.05, 0.1) is 13.2 Å². The molecule has 142 valence electrons. The summed E-state index contributed by atoms with van der Waals surface area (Å²) in [5.41, 5.74) is 0. The van der Waals surface area contributed by atoms with Gasteiger partial charge in [0.2, 0.25) is 3.79 Å². The summed E-state index contributed by atoms with van der Waals surface area (Å²) in [6.07, 6.45) is -0.696. The molecule has 0 saturated carbocycles. The van der Waals surface area contributed by atoms with Gasteiger partial charge in [-0.05, 0) is 24.5 Å². The number of hydrogen-bond donors (Lipinski definition) is 1. The van der Waals surface area contributed by atoms with Crippen molar-refractivity contribution in [3.63, 3.8) is 0 Å². The minimum atomic E-state index is -3.61. The number of nitrogens with one attached hydrogen (secondary N) is 1. The number of alkyl carbamates (subject to hydrolysis) is 1. The van der Waals surface area contributed by atoms with Crippen LogP contribution < -0.4 is 5.32 Å². The van der Waals surface area contributed by atoms with Crippen molar-refractivity contribution < 1.29 is 23.1 Å². The van der Waals surface area contributed by atoms with Gasteiger partial charge in [-0.1, -0.05) is 48.3 Å². The van der Waals surface area contributed by atoms with Gasteiger partial charge in [0, 0.05) is 6.42 Å². The van der Waals surface area contributed by atoms with E-state index in [1.54, 1.807) is 13.8 Å². The van der Waals surface area contributed by atoms with Crippen LogP contribution in [0.25, 0.3) is 0 Å². The van der Waals surface area contributed by atoms with Crippen LogP contribution in [0, 0.1) is 0 Å². The predicted molar refractivity (Wildman–Crippen MR) is 101 cm³/mol. The highest BCUT2D eigenvalue weighted by atomic mass is 35.6. The summed E-state index contributed by atoms with van der Waals surface area (Å²) in [4.78, 5) is 12.6. The fourth-order valence-electron chi connectivity index (χ4n) is 1.62. The third-order valence-corrected chi connectivity index (χ3v) is 5.92. The van der Waals surface area contributed by atoms with E-state index in [0.717, 1.165) is 10.7 Å². The number of carbonyl (C=O) groups excluding carboxylic acids is 1. The third-order valence-electron chi connectivity index (χ3n) is 2.42. The molecule has 0 aliphatic carbocycles. The number of ether oxygens (including phenoxy) is 1. The van der Waals surface area contributed by atoms with E-state index in [0.29, 0.717) is 0 Å². The molecular weight excluding hydrogens is 420 g/mol. The molecular formula is C13H23Cl3NO5PS. The molecule has 1 N–H and O–H groups in total. The van der Waals surface area contributed by atoms with Gasteiger partial charge in [-0.3, -0.25) is 4.57 Å². The molecule has 0 aromatic carbocycles. The Hall–Kier alpha value is 0.380. The number of amides is 1. The van der Waals surface area contributed by atoms with Gasteiger partial charge in [0.25, 0.3) is 0 Å². The largest absolute Gasteiger partial charge is 0.445 e. The van der Waals surface area contributed by atoms with E-state index in [1.807, 2.05) is 6.92 Å². The van der Waals surface area contributed by atoms with Gasteiger partial charge >= 0.3 is 13.7 Å². The van der Waals surface area contributed by atoms with Crippen molar-refractivity contribution in [3.8, 4) is 0 Å². The maximum absolute atomic E-state index is 12.9. The van der Waals surface area contributed by atoms with E-state index in [2.05, 4.69) is 11.9 Å². The lowest BCUT2D eigenvalue weighted by molar-refractivity contribution is 0.142. The van der Waals surface area contributed by atoms with Crippen LogP contribution in [0.5, 0.6) is 0 Å². The molecule has 0 aromatic heterocycles. The Balaban J connectivity index is 5.13. The van der Waals surface area contributed by atoms with Crippen LogP contribution >= 0.6 is 54.2 Å². The third kappa shape index (κ3) is 10.4. The van der Waals surface area contributed by atoms with Crippen LogP contribution in [0.15, 0.2) is 11.5 Å². The summed E-state index contributed by atoms with van der Waals surface area (Å²) >= 11 is 18.1. The molecule has 1 atom stereocenters. The molecule has 11 heteroatoms. The minimum absolute atomic E-state index is 0.159. The summed E-state index contributed by atoms with van der Waals surface area (Å²) in [5, 5.41) is 2.46. The number of hydrogen-bond acceptors (Lipinski definition) is 6. The first-order chi connectivity index (χ1) is 11.1. The van der Waals surface area contributed by atoms with E-state index in [1.165, 1.54) is 11.8 Å². The molecule has 0 aromatic rings. The summed E-state index contributed by atoms with van der Waals surface area (Å²) in [6, 6.07) is 0. The van der Waals surface area contributed by atoms with Crippen molar-refractivity contribution in [2.24, 2.45) is 0 Å². The van der Waals surface area contributed by atoms with Crippen LogP contribution in [0.3, 0.4) is 0 Å². The summed E-state index contributed by atoms with van der Waals surface area (Å²) in [7, 11) is -3.61. The molecule has 6 nitrogen and oxygen atoms in total.